The molecule has 1 amide bonds. The van der Waals surface area contributed by atoms with Gasteiger partial charge in [-0.05, 0) is 55.4 Å². The van der Waals surface area contributed by atoms with Gasteiger partial charge in [0.1, 0.15) is 5.54 Å². The third kappa shape index (κ3) is 4.63. The molecule has 1 saturated heterocycles. The molecule has 1 aliphatic carbocycles. The van der Waals surface area contributed by atoms with E-state index >= 15 is 0 Å². The summed E-state index contributed by atoms with van der Waals surface area (Å²) in [6, 6.07) is 7.68. The van der Waals surface area contributed by atoms with Crippen LogP contribution in [-0.4, -0.2) is 56.9 Å². The van der Waals surface area contributed by atoms with Crippen molar-refractivity contribution in [2.75, 3.05) is 32.7 Å². The van der Waals surface area contributed by atoms with Crippen LogP contribution in [0.5, 0.6) is 0 Å². The topological polar surface area (TPSA) is 94.7 Å². The molecule has 1 aromatic rings. The summed E-state index contributed by atoms with van der Waals surface area (Å²) in [5.74, 6) is -0.173. The summed E-state index contributed by atoms with van der Waals surface area (Å²) in [5, 5.41) is 12.2. The number of rotatable bonds is 6. The Morgan fingerprint density at radius 3 is 2.55 bits per heavy atom. The number of carbonyl (C=O) groups excluding carboxylic acids is 1. The number of benzene rings is 1. The fourth-order valence-corrected chi connectivity index (χ4v) is 5.43. The Hall–Kier alpha value is -1.95. The third-order valence-electron chi connectivity index (χ3n) is 6.33. The molecule has 1 aliphatic heterocycles. The zero-order valence-corrected chi connectivity index (χ0v) is 18.3. The predicted molar refractivity (Wildman–Crippen MR) is 110 cm³/mol. The van der Waals surface area contributed by atoms with E-state index in [1.54, 1.807) is 13.0 Å². The zero-order valence-electron chi connectivity index (χ0n) is 17.5. The van der Waals surface area contributed by atoms with Crippen LogP contribution in [0.25, 0.3) is 0 Å². The normalized spacial score (nSPS) is 20.1. The van der Waals surface area contributed by atoms with Crippen molar-refractivity contribution in [2.24, 2.45) is 5.92 Å². The van der Waals surface area contributed by atoms with Crippen molar-refractivity contribution < 1.29 is 18.1 Å². The van der Waals surface area contributed by atoms with Crippen LogP contribution in [-0.2, 0) is 27.7 Å². The van der Waals surface area contributed by atoms with Crippen molar-refractivity contribution in [3.8, 4) is 6.07 Å². The number of piperazine rings is 1. The molecule has 3 rings (SSSR count). The van der Waals surface area contributed by atoms with E-state index in [2.05, 4.69) is 11.4 Å². The van der Waals surface area contributed by atoms with Crippen LogP contribution < -0.4 is 10.2 Å². The van der Waals surface area contributed by atoms with E-state index in [4.69, 9.17) is 0 Å². The Morgan fingerprint density at radius 2 is 1.93 bits per heavy atom. The summed E-state index contributed by atoms with van der Waals surface area (Å²) in [4.78, 5) is 13.8. The Balaban J connectivity index is 1.57. The van der Waals surface area contributed by atoms with Crippen molar-refractivity contribution in [1.82, 2.24) is 9.62 Å². The highest BCUT2D eigenvalue weighted by Crippen LogP contribution is 2.26. The predicted octanol–water partition coefficient (Wildman–Crippen LogP) is 0.119. The monoisotopic (exact) mass is 419 g/mol. The molecule has 29 heavy (non-hydrogen) atoms. The van der Waals surface area contributed by atoms with Crippen LogP contribution in [0.2, 0.25) is 0 Å². The summed E-state index contributed by atoms with van der Waals surface area (Å²) in [7, 11) is -3.50. The molecule has 0 spiro atoms. The van der Waals surface area contributed by atoms with Crippen LogP contribution in [0, 0.1) is 17.2 Å². The summed E-state index contributed by atoms with van der Waals surface area (Å²) in [6.07, 6.45) is 3.07. The van der Waals surface area contributed by atoms with Gasteiger partial charge in [-0.1, -0.05) is 19.9 Å². The number of hydrogen-bond acceptors (Lipinski definition) is 4. The first-order chi connectivity index (χ1) is 13.7. The lowest BCUT2D eigenvalue weighted by atomic mass is 9.90. The molecule has 1 fully saturated rings. The maximum atomic E-state index is 13.0. The number of nitrogens with zero attached hydrogens (tertiary/aromatic N) is 2. The maximum Gasteiger partial charge on any atom is 0.276 e. The minimum atomic E-state index is -3.50. The quantitative estimate of drug-likeness (QED) is 0.685. The van der Waals surface area contributed by atoms with Crippen molar-refractivity contribution in [1.29, 1.82) is 5.26 Å². The number of nitriles is 1. The Bertz CT molecular complexity index is 914. The fraction of sp³-hybridized carbons (Fsp3) is 0.619. The second kappa shape index (κ2) is 8.42. The Kier molecular flexibility index (Phi) is 6.32. The number of aryl methyl sites for hydroxylation is 2. The van der Waals surface area contributed by atoms with E-state index in [0.29, 0.717) is 31.1 Å². The summed E-state index contributed by atoms with van der Waals surface area (Å²) < 4.78 is 27.6. The molecule has 158 valence electrons. The Morgan fingerprint density at radius 1 is 1.28 bits per heavy atom. The molecule has 0 aromatic heterocycles. The molecule has 1 atom stereocenters. The highest BCUT2D eigenvalue weighted by Gasteiger charge is 2.34. The number of sulfonamides is 1. The van der Waals surface area contributed by atoms with Gasteiger partial charge in [0.05, 0.1) is 37.1 Å². The van der Waals surface area contributed by atoms with Gasteiger partial charge in [-0.3, -0.25) is 4.79 Å². The molecule has 8 heteroatoms. The standard InChI is InChI=1S/C21H30N4O3S/c1-16(2)21(3,15-22)23-20(26)14-24-9-11-25(12-10-24)29(27,28)19-8-7-17-5-4-6-18(17)13-19/h7-8,13,16H,4-6,9-12,14H2,1-3H3,(H,23,26)/p+1/t21-/m0/s1. The lowest BCUT2D eigenvalue weighted by Gasteiger charge is -2.32. The van der Waals surface area contributed by atoms with Crippen molar-refractivity contribution >= 4 is 15.9 Å². The second-order valence-corrected chi connectivity index (χ2v) is 10.6. The van der Waals surface area contributed by atoms with Crippen molar-refractivity contribution in [2.45, 2.75) is 50.5 Å². The van der Waals surface area contributed by atoms with Crippen LogP contribution in [0.3, 0.4) is 0 Å². The van der Waals surface area contributed by atoms with Crippen LogP contribution in [0.15, 0.2) is 23.1 Å². The summed E-state index contributed by atoms with van der Waals surface area (Å²) in [5.41, 5.74) is 1.52. The summed E-state index contributed by atoms with van der Waals surface area (Å²) >= 11 is 0. The van der Waals surface area contributed by atoms with Crippen LogP contribution >= 0.6 is 0 Å². The third-order valence-corrected chi connectivity index (χ3v) is 8.23. The van der Waals surface area contributed by atoms with Gasteiger partial charge in [0.25, 0.3) is 5.91 Å². The molecular weight excluding hydrogens is 388 g/mol. The Labute approximate surface area is 173 Å². The van der Waals surface area contributed by atoms with Gasteiger partial charge in [0.15, 0.2) is 6.54 Å². The number of fused-ring (bicyclic) bond motifs is 1. The van der Waals surface area contributed by atoms with Gasteiger partial charge >= 0.3 is 0 Å². The number of carbonyl (C=O) groups is 1. The lowest BCUT2D eigenvalue weighted by Crippen LogP contribution is -3.16. The summed E-state index contributed by atoms with van der Waals surface area (Å²) in [6.45, 7) is 7.70. The average Bonchev–Trinajstić information content (AvgIpc) is 3.16. The highest BCUT2D eigenvalue weighted by atomic mass is 32.2. The minimum absolute atomic E-state index is 0.000705. The largest absolute Gasteiger partial charge is 0.333 e. The molecule has 1 aromatic carbocycles. The first-order valence-electron chi connectivity index (χ1n) is 10.3. The number of amides is 1. The van der Waals surface area contributed by atoms with Crippen LogP contribution in [0.1, 0.15) is 38.3 Å². The molecule has 7 nitrogen and oxygen atoms in total. The van der Waals surface area contributed by atoms with E-state index in [1.165, 1.54) is 9.87 Å². The van der Waals surface area contributed by atoms with E-state index < -0.39 is 15.6 Å². The number of quaternary nitrogens is 1. The van der Waals surface area contributed by atoms with E-state index in [0.717, 1.165) is 29.7 Å². The van der Waals surface area contributed by atoms with Crippen molar-refractivity contribution in [3.05, 3.63) is 29.3 Å². The number of nitrogens with one attached hydrogen (secondary N) is 2. The van der Waals surface area contributed by atoms with Gasteiger partial charge in [-0.15, -0.1) is 0 Å². The first kappa shape index (κ1) is 21.8. The highest BCUT2D eigenvalue weighted by molar-refractivity contribution is 7.89. The van der Waals surface area contributed by atoms with E-state index in [9.17, 15) is 18.5 Å². The molecule has 0 saturated carbocycles. The van der Waals surface area contributed by atoms with Gasteiger partial charge in [0.2, 0.25) is 10.0 Å². The van der Waals surface area contributed by atoms with Crippen molar-refractivity contribution in [3.63, 3.8) is 0 Å². The van der Waals surface area contributed by atoms with Gasteiger partial charge in [0, 0.05) is 0 Å². The molecule has 0 radical (unpaired) electrons. The SMILES string of the molecule is CC(C)[C@](C)(C#N)NC(=O)C[NH+]1CCN(S(=O)(=O)c2ccc3c(c2)CCC3)CC1. The smallest absolute Gasteiger partial charge is 0.276 e. The van der Waals surface area contributed by atoms with Gasteiger partial charge < -0.3 is 10.2 Å². The maximum absolute atomic E-state index is 13.0. The number of hydrogen-bond donors (Lipinski definition) is 2. The molecule has 0 bridgehead atoms. The molecule has 1 heterocycles. The van der Waals surface area contributed by atoms with Gasteiger partial charge in [-0.25, -0.2) is 8.42 Å². The lowest BCUT2D eigenvalue weighted by molar-refractivity contribution is -0.895. The van der Waals surface area contributed by atoms with E-state index in [-0.39, 0.29) is 18.4 Å². The van der Waals surface area contributed by atoms with Gasteiger partial charge in [-0.2, -0.15) is 9.57 Å². The molecule has 0 unspecified atom stereocenters. The first-order valence-corrected chi connectivity index (χ1v) is 11.8. The zero-order chi connectivity index (χ0) is 21.2. The second-order valence-electron chi connectivity index (χ2n) is 8.63. The molecule has 2 N–H and O–H groups in total. The molecular formula is C21H31N4O3S+. The molecule has 2 aliphatic rings. The average molecular weight is 420 g/mol. The van der Waals surface area contributed by atoms with Crippen LogP contribution in [0.4, 0.5) is 0 Å². The fourth-order valence-electron chi connectivity index (χ4n) is 3.94. The van der Waals surface area contributed by atoms with E-state index in [1.807, 2.05) is 26.0 Å². The minimum Gasteiger partial charge on any atom is -0.333 e.